The van der Waals surface area contributed by atoms with Gasteiger partial charge in [0, 0.05) is 44.8 Å². The molecule has 2 amide bonds. The SMILES string of the molecule is Cc1ccc(C(=O)N2CCCC(C(=O)N3CCN(S(=O)(=O)c4cc(C)ccc4O)CC3)C2)cc1. The summed E-state index contributed by atoms with van der Waals surface area (Å²) < 4.78 is 27.4. The zero-order valence-corrected chi connectivity index (χ0v) is 20.4. The van der Waals surface area contributed by atoms with E-state index in [0.29, 0.717) is 25.1 Å². The van der Waals surface area contributed by atoms with E-state index in [9.17, 15) is 23.1 Å². The third-order valence-corrected chi connectivity index (χ3v) is 8.57. The molecule has 1 N–H and O–H groups in total. The number of likely N-dealkylation sites (tertiary alicyclic amines) is 1. The van der Waals surface area contributed by atoms with Gasteiger partial charge in [-0.2, -0.15) is 4.31 Å². The Morgan fingerprint density at radius 3 is 2.21 bits per heavy atom. The summed E-state index contributed by atoms with van der Waals surface area (Å²) in [4.78, 5) is 29.5. The Balaban J connectivity index is 1.38. The molecule has 0 saturated carbocycles. The number of hydrogen-bond donors (Lipinski definition) is 1. The van der Waals surface area contributed by atoms with Crippen molar-refractivity contribution in [2.75, 3.05) is 39.3 Å². The molecule has 0 aromatic heterocycles. The third kappa shape index (κ3) is 4.95. The van der Waals surface area contributed by atoms with Crippen LogP contribution in [0, 0.1) is 19.8 Å². The minimum atomic E-state index is -3.85. The molecule has 2 aromatic carbocycles. The second kappa shape index (κ2) is 9.76. The molecule has 0 aliphatic carbocycles. The highest BCUT2D eigenvalue weighted by Gasteiger charge is 2.36. The molecule has 2 heterocycles. The Bertz CT molecular complexity index is 1170. The highest BCUT2D eigenvalue weighted by Crippen LogP contribution is 2.28. The van der Waals surface area contributed by atoms with Crippen molar-refractivity contribution in [3.05, 3.63) is 59.2 Å². The van der Waals surface area contributed by atoms with Gasteiger partial charge in [-0.1, -0.05) is 23.8 Å². The van der Waals surface area contributed by atoms with Crippen LogP contribution < -0.4 is 0 Å². The van der Waals surface area contributed by atoms with E-state index in [0.717, 1.165) is 17.5 Å². The molecule has 8 nitrogen and oxygen atoms in total. The summed E-state index contributed by atoms with van der Waals surface area (Å²) >= 11 is 0. The van der Waals surface area contributed by atoms with Gasteiger partial charge in [0.1, 0.15) is 10.6 Å². The first kappa shape index (κ1) is 24.2. The summed E-state index contributed by atoms with van der Waals surface area (Å²) in [6.07, 6.45) is 1.47. The number of phenols is 1. The number of aromatic hydroxyl groups is 1. The Morgan fingerprint density at radius 2 is 1.53 bits per heavy atom. The van der Waals surface area contributed by atoms with Crippen molar-refractivity contribution in [1.82, 2.24) is 14.1 Å². The number of sulfonamides is 1. The van der Waals surface area contributed by atoms with E-state index < -0.39 is 10.0 Å². The van der Waals surface area contributed by atoms with Crippen molar-refractivity contribution >= 4 is 21.8 Å². The molecule has 2 fully saturated rings. The van der Waals surface area contributed by atoms with Crippen LogP contribution in [0.15, 0.2) is 47.4 Å². The molecule has 182 valence electrons. The third-order valence-electron chi connectivity index (χ3n) is 6.64. The number of aryl methyl sites for hydroxylation is 2. The van der Waals surface area contributed by atoms with Gasteiger partial charge in [-0.3, -0.25) is 9.59 Å². The van der Waals surface area contributed by atoms with Gasteiger partial charge in [-0.15, -0.1) is 0 Å². The van der Waals surface area contributed by atoms with E-state index in [1.807, 2.05) is 31.2 Å². The molecule has 1 unspecified atom stereocenters. The Morgan fingerprint density at radius 1 is 0.882 bits per heavy atom. The highest BCUT2D eigenvalue weighted by atomic mass is 32.2. The largest absolute Gasteiger partial charge is 0.507 e. The van der Waals surface area contributed by atoms with Crippen LogP contribution in [0.3, 0.4) is 0 Å². The number of piperazine rings is 1. The van der Waals surface area contributed by atoms with Crippen molar-refractivity contribution in [2.45, 2.75) is 31.6 Å². The van der Waals surface area contributed by atoms with Crippen LogP contribution in [0.4, 0.5) is 0 Å². The predicted molar refractivity (Wildman–Crippen MR) is 128 cm³/mol. The standard InChI is InChI=1S/C25H31N3O5S/c1-18-5-8-20(9-6-18)24(30)27-11-3-4-21(17-27)25(31)26-12-14-28(15-13-26)34(32,33)23-16-19(2)7-10-22(23)29/h5-10,16,21,29H,3-4,11-15,17H2,1-2H3. The van der Waals surface area contributed by atoms with E-state index in [1.54, 1.807) is 22.8 Å². The zero-order valence-electron chi connectivity index (χ0n) is 19.6. The van der Waals surface area contributed by atoms with Gasteiger partial charge in [-0.05, 0) is 56.5 Å². The monoisotopic (exact) mass is 485 g/mol. The highest BCUT2D eigenvalue weighted by molar-refractivity contribution is 7.89. The number of phenolic OH excluding ortho intramolecular Hbond substituents is 1. The van der Waals surface area contributed by atoms with Gasteiger partial charge in [0.05, 0.1) is 5.92 Å². The first-order valence-corrected chi connectivity index (χ1v) is 13.1. The number of benzene rings is 2. The van der Waals surface area contributed by atoms with Gasteiger partial charge in [-0.25, -0.2) is 8.42 Å². The molecular weight excluding hydrogens is 454 g/mol. The fraction of sp³-hybridized carbons (Fsp3) is 0.440. The normalized spacial score (nSPS) is 19.8. The van der Waals surface area contributed by atoms with Crippen LogP contribution >= 0.6 is 0 Å². The topological polar surface area (TPSA) is 98.2 Å². The number of amides is 2. The number of carbonyl (C=O) groups is 2. The number of rotatable bonds is 4. The molecule has 2 saturated heterocycles. The van der Waals surface area contributed by atoms with Crippen LogP contribution in [0.1, 0.15) is 34.3 Å². The van der Waals surface area contributed by atoms with Crippen LogP contribution in [0.25, 0.3) is 0 Å². The Labute approximate surface area is 200 Å². The van der Waals surface area contributed by atoms with Crippen LogP contribution in [-0.4, -0.2) is 78.7 Å². The van der Waals surface area contributed by atoms with Crippen LogP contribution in [0.2, 0.25) is 0 Å². The molecule has 34 heavy (non-hydrogen) atoms. The lowest BCUT2D eigenvalue weighted by Gasteiger charge is -2.38. The quantitative estimate of drug-likeness (QED) is 0.717. The maximum absolute atomic E-state index is 13.2. The van der Waals surface area contributed by atoms with E-state index >= 15 is 0 Å². The van der Waals surface area contributed by atoms with Crippen molar-refractivity contribution in [3.8, 4) is 5.75 Å². The van der Waals surface area contributed by atoms with E-state index in [2.05, 4.69) is 0 Å². The second-order valence-electron chi connectivity index (χ2n) is 9.16. The van der Waals surface area contributed by atoms with Crippen LogP contribution in [0.5, 0.6) is 5.75 Å². The molecule has 2 aliphatic rings. The van der Waals surface area contributed by atoms with Crippen LogP contribution in [-0.2, 0) is 14.8 Å². The van der Waals surface area contributed by atoms with Gasteiger partial charge < -0.3 is 14.9 Å². The Hall–Kier alpha value is -2.91. The second-order valence-corrected chi connectivity index (χ2v) is 11.1. The molecule has 9 heteroatoms. The average Bonchev–Trinajstić information content (AvgIpc) is 2.85. The van der Waals surface area contributed by atoms with Crippen molar-refractivity contribution < 1.29 is 23.1 Å². The van der Waals surface area contributed by atoms with Crippen molar-refractivity contribution in [1.29, 1.82) is 0 Å². The van der Waals surface area contributed by atoms with Crippen molar-refractivity contribution in [3.63, 3.8) is 0 Å². The van der Waals surface area contributed by atoms with E-state index in [-0.39, 0.29) is 54.6 Å². The number of nitrogens with zero attached hydrogens (tertiary/aromatic N) is 3. The number of hydrogen-bond acceptors (Lipinski definition) is 5. The summed E-state index contributed by atoms with van der Waals surface area (Å²) in [5.41, 5.74) is 2.45. The zero-order chi connectivity index (χ0) is 24.5. The molecule has 4 rings (SSSR count). The molecule has 0 spiro atoms. The number of piperidine rings is 1. The lowest BCUT2D eigenvalue weighted by Crippen LogP contribution is -2.54. The fourth-order valence-electron chi connectivity index (χ4n) is 4.62. The van der Waals surface area contributed by atoms with Gasteiger partial charge in [0.2, 0.25) is 15.9 Å². The summed E-state index contributed by atoms with van der Waals surface area (Å²) in [6.45, 7) is 5.65. The van der Waals surface area contributed by atoms with E-state index in [1.165, 1.54) is 16.4 Å². The predicted octanol–water partition coefficient (Wildman–Crippen LogP) is 2.39. The lowest BCUT2D eigenvalue weighted by molar-refractivity contribution is -0.138. The first-order chi connectivity index (χ1) is 16.2. The molecule has 2 aliphatic heterocycles. The minimum Gasteiger partial charge on any atom is -0.507 e. The molecular formula is C25H31N3O5S. The summed E-state index contributed by atoms with van der Waals surface area (Å²) in [6, 6.07) is 11.9. The molecule has 0 radical (unpaired) electrons. The summed E-state index contributed by atoms with van der Waals surface area (Å²) in [7, 11) is -3.85. The minimum absolute atomic E-state index is 0.0307. The first-order valence-electron chi connectivity index (χ1n) is 11.6. The van der Waals surface area contributed by atoms with E-state index in [4.69, 9.17) is 0 Å². The number of carbonyl (C=O) groups excluding carboxylic acids is 2. The molecule has 1 atom stereocenters. The Kier molecular flexibility index (Phi) is 6.95. The summed E-state index contributed by atoms with van der Waals surface area (Å²) in [5.74, 6) is -0.653. The maximum Gasteiger partial charge on any atom is 0.253 e. The smallest absolute Gasteiger partial charge is 0.253 e. The molecule has 2 aromatic rings. The van der Waals surface area contributed by atoms with Gasteiger partial charge in [0.15, 0.2) is 0 Å². The summed E-state index contributed by atoms with van der Waals surface area (Å²) in [5, 5.41) is 10.1. The molecule has 0 bridgehead atoms. The van der Waals surface area contributed by atoms with Gasteiger partial charge >= 0.3 is 0 Å². The maximum atomic E-state index is 13.2. The average molecular weight is 486 g/mol. The van der Waals surface area contributed by atoms with Gasteiger partial charge in [0.25, 0.3) is 5.91 Å². The lowest BCUT2D eigenvalue weighted by atomic mass is 9.95. The fourth-order valence-corrected chi connectivity index (χ4v) is 6.21. The van der Waals surface area contributed by atoms with Crippen molar-refractivity contribution in [2.24, 2.45) is 5.92 Å².